The molecule has 0 amide bonds. The zero-order valence-electron chi connectivity index (χ0n) is 14.7. The predicted octanol–water partition coefficient (Wildman–Crippen LogP) is 3.41. The normalized spacial score (nSPS) is 20.9. The van der Waals surface area contributed by atoms with Gasteiger partial charge in [-0.3, -0.25) is 0 Å². The van der Waals surface area contributed by atoms with Crippen LogP contribution in [-0.2, 0) is 11.3 Å². The Kier molecular flexibility index (Phi) is 4.60. The highest BCUT2D eigenvalue weighted by Gasteiger charge is 2.29. The fourth-order valence-electron chi connectivity index (χ4n) is 3.35. The molecule has 1 saturated heterocycles. The largest absolute Gasteiger partial charge is 0.390 e. The number of aryl methyl sites for hydroxylation is 1. The molecular formula is C17H19ClN4O3S. The van der Waals surface area contributed by atoms with Gasteiger partial charge in [-0.25, -0.2) is 9.97 Å². The van der Waals surface area contributed by atoms with Gasteiger partial charge in [-0.2, -0.15) is 0 Å². The number of fused-ring (bicyclic) bond motifs is 1. The zero-order chi connectivity index (χ0) is 18.4. The number of ether oxygens (including phenoxy) is 1. The third-order valence-electron chi connectivity index (χ3n) is 4.30. The molecule has 2 unspecified atom stereocenters. The molecular weight excluding hydrogens is 376 g/mol. The van der Waals surface area contributed by atoms with E-state index < -0.39 is 0 Å². The van der Waals surface area contributed by atoms with E-state index in [4.69, 9.17) is 20.9 Å². The van der Waals surface area contributed by atoms with Gasteiger partial charge in [0.15, 0.2) is 5.69 Å². The number of hydrogen-bond donors (Lipinski definition) is 1. The van der Waals surface area contributed by atoms with Crippen molar-refractivity contribution in [3.63, 3.8) is 0 Å². The Morgan fingerprint density at radius 1 is 1.35 bits per heavy atom. The summed E-state index contributed by atoms with van der Waals surface area (Å²) in [7, 11) is 0. The number of aliphatic hydroxyl groups excluding tert-OH is 1. The van der Waals surface area contributed by atoms with E-state index in [1.165, 1.54) is 11.3 Å². The van der Waals surface area contributed by atoms with Crippen molar-refractivity contribution in [2.45, 2.75) is 39.6 Å². The second kappa shape index (κ2) is 6.77. The molecule has 0 spiro atoms. The van der Waals surface area contributed by atoms with E-state index in [0.717, 1.165) is 9.88 Å². The summed E-state index contributed by atoms with van der Waals surface area (Å²) in [5.74, 6) is 0. The third-order valence-corrected chi connectivity index (χ3v) is 5.57. The number of aromatic nitrogens is 3. The molecule has 2 atom stereocenters. The lowest BCUT2D eigenvalue weighted by molar-refractivity contribution is -0.00533. The van der Waals surface area contributed by atoms with Crippen LogP contribution in [0.4, 0.5) is 5.69 Å². The van der Waals surface area contributed by atoms with Gasteiger partial charge in [-0.15, -0.1) is 11.3 Å². The minimum Gasteiger partial charge on any atom is -0.390 e. The fourth-order valence-corrected chi connectivity index (χ4v) is 4.45. The van der Waals surface area contributed by atoms with E-state index in [0.29, 0.717) is 46.3 Å². The molecule has 26 heavy (non-hydrogen) atoms. The average Bonchev–Trinajstić information content (AvgIpc) is 3.19. The van der Waals surface area contributed by atoms with Gasteiger partial charge in [0.1, 0.15) is 15.5 Å². The number of pyridine rings is 1. The molecule has 0 radical (unpaired) electrons. The van der Waals surface area contributed by atoms with Crippen LogP contribution < -0.4 is 4.90 Å². The molecule has 0 saturated carbocycles. The van der Waals surface area contributed by atoms with Gasteiger partial charge in [-0.1, -0.05) is 16.8 Å². The number of rotatable bonds is 3. The lowest BCUT2D eigenvalue weighted by Crippen LogP contribution is -2.46. The first kappa shape index (κ1) is 17.7. The van der Waals surface area contributed by atoms with Crippen LogP contribution in [0, 0.1) is 6.92 Å². The Balaban J connectivity index is 1.86. The van der Waals surface area contributed by atoms with Crippen molar-refractivity contribution in [2.75, 3.05) is 18.0 Å². The maximum absolute atomic E-state index is 9.92. The molecule has 1 fully saturated rings. The molecule has 1 aliphatic rings. The smallest absolute Gasteiger partial charge is 0.206 e. The lowest BCUT2D eigenvalue weighted by atomic mass is 10.1. The molecule has 1 aliphatic heterocycles. The summed E-state index contributed by atoms with van der Waals surface area (Å²) in [4.78, 5) is 12.1. The minimum absolute atomic E-state index is 0.0561. The second-order valence-corrected chi connectivity index (χ2v) is 8.14. The number of hydrogen-bond acceptors (Lipinski definition) is 8. The molecule has 0 aliphatic carbocycles. The Morgan fingerprint density at radius 3 is 2.69 bits per heavy atom. The highest BCUT2D eigenvalue weighted by atomic mass is 35.5. The van der Waals surface area contributed by atoms with Crippen molar-refractivity contribution < 1.29 is 14.4 Å². The molecule has 9 heteroatoms. The Labute approximate surface area is 159 Å². The molecule has 4 heterocycles. The number of aliphatic hydroxyl groups is 1. The third kappa shape index (κ3) is 2.96. The van der Waals surface area contributed by atoms with Gasteiger partial charge >= 0.3 is 0 Å². The Hall–Kier alpha value is -1.74. The summed E-state index contributed by atoms with van der Waals surface area (Å²) in [6, 6.07) is 0. The molecule has 3 aromatic heterocycles. The standard InChI is InChI=1S/C17H19ClN4O3S/c1-8-5-22(6-9(2)24-8)15-11(7-23)20-13-14(17-19-4-10(3)26-17)21-25-16(13)12(15)18/h4,8-9,23H,5-7H2,1-3H3. The summed E-state index contributed by atoms with van der Waals surface area (Å²) >= 11 is 8.18. The first-order chi connectivity index (χ1) is 12.5. The number of nitrogens with zero attached hydrogens (tertiary/aromatic N) is 4. The predicted molar refractivity (Wildman–Crippen MR) is 101 cm³/mol. The van der Waals surface area contributed by atoms with Crippen molar-refractivity contribution in [1.29, 1.82) is 0 Å². The van der Waals surface area contributed by atoms with Crippen LogP contribution in [0.1, 0.15) is 24.4 Å². The molecule has 4 rings (SSSR count). The highest BCUT2D eigenvalue weighted by Crippen LogP contribution is 2.40. The first-order valence-electron chi connectivity index (χ1n) is 8.39. The monoisotopic (exact) mass is 394 g/mol. The summed E-state index contributed by atoms with van der Waals surface area (Å²) in [5, 5.41) is 15.2. The van der Waals surface area contributed by atoms with Gasteiger partial charge in [0.2, 0.25) is 5.58 Å². The lowest BCUT2D eigenvalue weighted by Gasteiger charge is -2.37. The quantitative estimate of drug-likeness (QED) is 0.728. The van der Waals surface area contributed by atoms with Gasteiger partial charge in [0.05, 0.1) is 30.2 Å². The molecule has 0 bridgehead atoms. The number of halogens is 1. The SMILES string of the molecule is Cc1cnc(-c2noc3c(Cl)c(N4CC(C)OC(C)C4)c(CO)nc23)s1. The maximum Gasteiger partial charge on any atom is 0.206 e. The molecule has 1 N–H and O–H groups in total. The van der Waals surface area contributed by atoms with Crippen LogP contribution in [0.3, 0.4) is 0 Å². The van der Waals surface area contributed by atoms with E-state index >= 15 is 0 Å². The number of anilines is 1. The van der Waals surface area contributed by atoms with Crippen molar-refractivity contribution in [3.05, 3.63) is 21.8 Å². The second-order valence-electron chi connectivity index (χ2n) is 6.53. The topological polar surface area (TPSA) is 84.5 Å². The van der Waals surface area contributed by atoms with E-state index in [9.17, 15) is 5.11 Å². The Morgan fingerprint density at radius 2 is 2.08 bits per heavy atom. The van der Waals surface area contributed by atoms with Gasteiger partial charge in [-0.05, 0) is 20.8 Å². The number of morpholine rings is 1. The van der Waals surface area contributed by atoms with Gasteiger partial charge in [0, 0.05) is 24.2 Å². The van der Waals surface area contributed by atoms with Gasteiger partial charge in [0.25, 0.3) is 0 Å². The first-order valence-corrected chi connectivity index (χ1v) is 9.59. The minimum atomic E-state index is -0.230. The summed E-state index contributed by atoms with van der Waals surface area (Å²) in [5.41, 5.74) is 2.66. The summed E-state index contributed by atoms with van der Waals surface area (Å²) < 4.78 is 11.3. The van der Waals surface area contributed by atoms with E-state index in [1.807, 2.05) is 20.8 Å². The maximum atomic E-state index is 9.92. The van der Waals surface area contributed by atoms with Crippen LogP contribution in [0.25, 0.3) is 21.8 Å². The van der Waals surface area contributed by atoms with E-state index in [-0.39, 0.29) is 18.8 Å². The van der Waals surface area contributed by atoms with Crippen molar-refractivity contribution >= 4 is 39.7 Å². The summed E-state index contributed by atoms with van der Waals surface area (Å²) in [6.07, 6.45) is 1.89. The van der Waals surface area contributed by atoms with Crippen LogP contribution in [0.2, 0.25) is 5.02 Å². The van der Waals surface area contributed by atoms with E-state index in [2.05, 4.69) is 20.0 Å². The van der Waals surface area contributed by atoms with Crippen LogP contribution in [0.5, 0.6) is 0 Å². The van der Waals surface area contributed by atoms with Gasteiger partial charge < -0.3 is 19.3 Å². The van der Waals surface area contributed by atoms with Crippen LogP contribution in [0.15, 0.2) is 10.7 Å². The van der Waals surface area contributed by atoms with Crippen molar-refractivity contribution in [3.8, 4) is 10.7 Å². The van der Waals surface area contributed by atoms with Crippen LogP contribution in [-0.4, -0.2) is 45.5 Å². The zero-order valence-corrected chi connectivity index (χ0v) is 16.3. The fraction of sp³-hybridized carbons (Fsp3) is 0.471. The summed E-state index contributed by atoms with van der Waals surface area (Å²) in [6.45, 7) is 7.10. The Bertz CT molecular complexity index is 947. The highest BCUT2D eigenvalue weighted by molar-refractivity contribution is 7.15. The van der Waals surface area contributed by atoms with Crippen LogP contribution >= 0.6 is 22.9 Å². The number of thiazole rings is 1. The molecule has 3 aromatic rings. The van der Waals surface area contributed by atoms with Crippen molar-refractivity contribution in [1.82, 2.24) is 15.1 Å². The van der Waals surface area contributed by atoms with Crippen molar-refractivity contribution in [2.24, 2.45) is 0 Å². The molecule has 0 aromatic carbocycles. The molecule has 7 nitrogen and oxygen atoms in total. The average molecular weight is 395 g/mol. The van der Waals surface area contributed by atoms with E-state index in [1.54, 1.807) is 6.20 Å². The molecule has 138 valence electrons.